The minimum absolute atomic E-state index is 0.0961. The highest BCUT2D eigenvalue weighted by molar-refractivity contribution is 5.94. The lowest BCUT2D eigenvalue weighted by molar-refractivity contribution is -0.0477. The molecule has 2 aromatic rings. The second-order valence-corrected chi connectivity index (χ2v) is 12.2. The molecule has 3 nitrogen and oxygen atoms in total. The summed E-state index contributed by atoms with van der Waals surface area (Å²) < 4.78 is 5.55. The van der Waals surface area contributed by atoms with Gasteiger partial charge < -0.3 is 4.74 Å². The Balaban J connectivity index is 0.000000153. The van der Waals surface area contributed by atoms with Crippen molar-refractivity contribution in [2.45, 2.75) is 98.1 Å². The zero-order valence-electron chi connectivity index (χ0n) is 23.6. The van der Waals surface area contributed by atoms with Crippen molar-refractivity contribution in [3.8, 4) is 5.75 Å². The van der Waals surface area contributed by atoms with E-state index in [0.29, 0.717) is 0 Å². The fourth-order valence-corrected chi connectivity index (χ4v) is 7.14. The Bertz CT molecular complexity index is 1070. The topological polar surface area (TPSA) is 29.5 Å². The van der Waals surface area contributed by atoms with Crippen LogP contribution in [0.4, 0.5) is 0 Å². The predicted molar refractivity (Wildman–Crippen MR) is 152 cm³/mol. The monoisotopic (exact) mass is 501 g/mol. The van der Waals surface area contributed by atoms with Crippen LogP contribution < -0.4 is 4.74 Å². The maximum absolute atomic E-state index is 11.0. The molecule has 0 N–H and O–H groups in total. The Morgan fingerprint density at radius 3 is 2.32 bits per heavy atom. The van der Waals surface area contributed by atoms with Gasteiger partial charge in [0.25, 0.3) is 0 Å². The molecule has 4 fully saturated rings. The fourth-order valence-electron chi connectivity index (χ4n) is 7.14. The maximum atomic E-state index is 11.0. The van der Waals surface area contributed by atoms with Crippen LogP contribution in [0.15, 0.2) is 42.5 Å². The third-order valence-corrected chi connectivity index (χ3v) is 9.79. The molecular weight excluding hydrogens is 454 g/mol. The first kappa shape index (κ1) is 26.5. The molecule has 1 saturated heterocycles. The van der Waals surface area contributed by atoms with E-state index in [0.717, 1.165) is 47.1 Å². The Morgan fingerprint density at radius 2 is 1.73 bits per heavy atom. The molecule has 1 spiro atoms. The van der Waals surface area contributed by atoms with E-state index >= 15 is 0 Å². The van der Waals surface area contributed by atoms with Crippen molar-refractivity contribution >= 4 is 5.78 Å². The van der Waals surface area contributed by atoms with E-state index < -0.39 is 0 Å². The maximum Gasteiger partial charge on any atom is 0.159 e. The van der Waals surface area contributed by atoms with Gasteiger partial charge in [0.2, 0.25) is 0 Å². The SMILES string of the molecule is CC.CC(=O)c1ccc(OCC2CC2)cc1.C[C@H]1CCc2cc(CN3CC4CCC45CCC35)ccc2C1. The number of ketones is 1. The third-order valence-electron chi connectivity index (χ3n) is 9.79. The summed E-state index contributed by atoms with van der Waals surface area (Å²) in [6.07, 6.45) is 12.6. The van der Waals surface area contributed by atoms with Crippen LogP contribution in [-0.4, -0.2) is 29.9 Å². The van der Waals surface area contributed by atoms with Crippen LogP contribution in [0.2, 0.25) is 0 Å². The standard InChI is InChI=1S/C20H27N.C12H14O2.C2H6/c1-14-2-4-17-11-15(3-5-16(17)10-14)12-21-13-18-6-8-20(18)9-7-19(20)21;1-9(13)11-4-6-12(7-5-11)14-8-10-2-3-10;1-2/h3,5,11,14,18-19H,2,4,6-10,12-13H2,1H3;4-7,10H,2-3,8H2,1H3;1-2H3/t14-,18?,19?,20?;;/m0../s1. The van der Waals surface area contributed by atoms with Crippen LogP contribution in [0.5, 0.6) is 5.75 Å². The lowest BCUT2D eigenvalue weighted by Crippen LogP contribution is -2.53. The number of ether oxygens (including phenoxy) is 1. The van der Waals surface area contributed by atoms with E-state index in [4.69, 9.17) is 4.74 Å². The van der Waals surface area contributed by atoms with Crippen molar-refractivity contribution in [2.24, 2.45) is 23.2 Å². The number of benzene rings is 2. The molecule has 5 aliphatic rings. The van der Waals surface area contributed by atoms with Crippen LogP contribution in [0, 0.1) is 23.2 Å². The van der Waals surface area contributed by atoms with E-state index in [-0.39, 0.29) is 5.78 Å². The molecule has 200 valence electrons. The highest BCUT2D eigenvalue weighted by Gasteiger charge is 2.63. The summed E-state index contributed by atoms with van der Waals surface area (Å²) in [5, 5.41) is 0. The minimum Gasteiger partial charge on any atom is -0.493 e. The summed E-state index contributed by atoms with van der Waals surface area (Å²) in [4.78, 5) is 13.8. The Morgan fingerprint density at radius 1 is 0.973 bits per heavy atom. The molecule has 1 heterocycles. The van der Waals surface area contributed by atoms with Crippen molar-refractivity contribution in [1.29, 1.82) is 0 Å². The number of aryl methyl sites for hydroxylation is 1. The van der Waals surface area contributed by atoms with Gasteiger partial charge in [-0.25, -0.2) is 0 Å². The number of likely N-dealkylation sites (tertiary alicyclic amines) is 1. The Kier molecular flexibility index (Phi) is 8.10. The Labute approximate surface area is 225 Å². The van der Waals surface area contributed by atoms with Crippen LogP contribution in [0.3, 0.4) is 0 Å². The summed E-state index contributed by atoms with van der Waals surface area (Å²) in [6.45, 7) is 11.4. The number of carbonyl (C=O) groups excluding carboxylic acids is 1. The van der Waals surface area contributed by atoms with Crippen LogP contribution >= 0.6 is 0 Å². The molecule has 3 unspecified atom stereocenters. The average molecular weight is 502 g/mol. The molecule has 4 aliphatic carbocycles. The molecule has 3 saturated carbocycles. The summed E-state index contributed by atoms with van der Waals surface area (Å²) in [7, 11) is 0. The van der Waals surface area contributed by atoms with Gasteiger partial charge >= 0.3 is 0 Å². The highest BCUT2D eigenvalue weighted by atomic mass is 16.5. The second kappa shape index (κ2) is 11.3. The van der Waals surface area contributed by atoms with Gasteiger partial charge in [0, 0.05) is 24.7 Å². The first-order valence-corrected chi connectivity index (χ1v) is 15.1. The largest absolute Gasteiger partial charge is 0.493 e. The summed E-state index contributed by atoms with van der Waals surface area (Å²) in [5.41, 5.74) is 6.38. The zero-order chi connectivity index (χ0) is 26.0. The molecule has 0 radical (unpaired) electrons. The van der Waals surface area contributed by atoms with Gasteiger partial charge in [-0.1, -0.05) is 39.0 Å². The number of fused-ring (bicyclic) bond motifs is 1. The van der Waals surface area contributed by atoms with Gasteiger partial charge in [0.1, 0.15) is 5.75 Å². The number of hydrogen-bond donors (Lipinski definition) is 0. The van der Waals surface area contributed by atoms with Crippen LogP contribution in [0.25, 0.3) is 0 Å². The second-order valence-electron chi connectivity index (χ2n) is 12.2. The molecule has 0 bridgehead atoms. The van der Waals surface area contributed by atoms with E-state index in [9.17, 15) is 4.79 Å². The molecule has 7 rings (SSSR count). The minimum atomic E-state index is 0.0961. The zero-order valence-corrected chi connectivity index (χ0v) is 23.6. The third kappa shape index (κ3) is 5.67. The molecule has 37 heavy (non-hydrogen) atoms. The number of carbonyl (C=O) groups is 1. The van der Waals surface area contributed by atoms with E-state index in [1.54, 1.807) is 23.6 Å². The molecule has 0 aromatic heterocycles. The molecule has 1 aliphatic heterocycles. The summed E-state index contributed by atoms with van der Waals surface area (Å²) in [6, 6.07) is 15.7. The highest BCUT2D eigenvalue weighted by Crippen LogP contribution is 2.65. The van der Waals surface area contributed by atoms with Gasteiger partial charge in [-0.3, -0.25) is 9.69 Å². The van der Waals surface area contributed by atoms with Gasteiger partial charge in [0.15, 0.2) is 5.78 Å². The number of hydrogen-bond acceptors (Lipinski definition) is 3. The Hall–Kier alpha value is -2.13. The fraction of sp³-hybridized carbons (Fsp3) is 0.618. The first-order valence-electron chi connectivity index (χ1n) is 15.1. The molecule has 3 heteroatoms. The quantitative estimate of drug-likeness (QED) is 0.377. The predicted octanol–water partition coefficient (Wildman–Crippen LogP) is 7.89. The van der Waals surface area contributed by atoms with Crippen molar-refractivity contribution in [3.63, 3.8) is 0 Å². The van der Waals surface area contributed by atoms with Crippen molar-refractivity contribution in [2.75, 3.05) is 13.2 Å². The van der Waals surface area contributed by atoms with E-state index in [2.05, 4.69) is 30.0 Å². The normalized spacial score (nSPS) is 29.0. The van der Waals surface area contributed by atoms with Gasteiger partial charge in [0.05, 0.1) is 6.61 Å². The van der Waals surface area contributed by atoms with E-state index in [1.165, 1.54) is 70.9 Å². The summed E-state index contributed by atoms with van der Waals surface area (Å²) >= 11 is 0. The van der Waals surface area contributed by atoms with Gasteiger partial charge in [-0.2, -0.15) is 0 Å². The molecule has 0 amide bonds. The van der Waals surface area contributed by atoms with Gasteiger partial charge in [-0.15, -0.1) is 0 Å². The van der Waals surface area contributed by atoms with Gasteiger partial charge in [-0.05, 0) is 129 Å². The molecule has 2 aromatic carbocycles. The van der Waals surface area contributed by atoms with Crippen LogP contribution in [0.1, 0.15) is 99.7 Å². The van der Waals surface area contributed by atoms with E-state index in [1.807, 2.05) is 38.1 Å². The average Bonchev–Trinajstić information content (AvgIpc) is 3.69. The summed E-state index contributed by atoms with van der Waals surface area (Å²) in [5.74, 6) is 3.66. The smallest absolute Gasteiger partial charge is 0.159 e. The van der Waals surface area contributed by atoms with Crippen molar-refractivity contribution in [1.82, 2.24) is 4.90 Å². The van der Waals surface area contributed by atoms with Crippen LogP contribution in [-0.2, 0) is 19.4 Å². The van der Waals surface area contributed by atoms with Crippen molar-refractivity contribution in [3.05, 3.63) is 64.7 Å². The first-order chi connectivity index (χ1) is 18.0. The number of rotatable bonds is 6. The molecular formula is C34H47NO2. The molecule has 4 atom stereocenters. The number of nitrogens with zero attached hydrogens (tertiary/aromatic N) is 1. The number of Topliss-reactive ketones (excluding diaryl/α,β-unsaturated/α-hetero) is 1. The lowest BCUT2D eigenvalue weighted by Gasteiger charge is -2.56. The van der Waals surface area contributed by atoms with Crippen molar-refractivity contribution < 1.29 is 9.53 Å². The lowest BCUT2D eigenvalue weighted by atomic mass is 9.50.